The molecule has 2 aliphatic heterocycles. The Labute approximate surface area is 160 Å². The second-order valence-electron chi connectivity index (χ2n) is 7.69. The van der Waals surface area contributed by atoms with Gasteiger partial charge in [0.2, 0.25) is 5.91 Å². The van der Waals surface area contributed by atoms with Crippen LogP contribution < -0.4 is 4.74 Å². The summed E-state index contributed by atoms with van der Waals surface area (Å²) in [5, 5.41) is 0. The second-order valence-corrected chi connectivity index (χ2v) is 7.69. The number of benzene rings is 1. The van der Waals surface area contributed by atoms with Crippen LogP contribution in [0.1, 0.15) is 43.6 Å². The van der Waals surface area contributed by atoms with Crippen LogP contribution in [0.5, 0.6) is 5.75 Å². The third-order valence-electron chi connectivity index (χ3n) is 5.70. The number of imidazole rings is 1. The number of hydrogen-bond acceptors (Lipinski definition) is 4. The summed E-state index contributed by atoms with van der Waals surface area (Å²) in [6.45, 7) is 6.59. The third-order valence-corrected chi connectivity index (χ3v) is 5.70. The molecule has 0 unspecified atom stereocenters. The Kier molecular flexibility index (Phi) is 4.91. The molecule has 1 amide bonds. The van der Waals surface area contributed by atoms with Crippen molar-refractivity contribution in [1.82, 2.24) is 14.5 Å². The van der Waals surface area contributed by atoms with Crippen LogP contribution in [0.2, 0.25) is 0 Å². The number of rotatable bonds is 3. The molecule has 2 aromatic rings. The lowest BCUT2D eigenvalue weighted by molar-refractivity contribution is -0.137. The van der Waals surface area contributed by atoms with Crippen LogP contribution in [0.15, 0.2) is 36.7 Å². The van der Waals surface area contributed by atoms with Crippen LogP contribution in [-0.4, -0.2) is 45.7 Å². The Morgan fingerprint density at radius 1 is 1.30 bits per heavy atom. The first kappa shape index (κ1) is 18.0. The first-order chi connectivity index (χ1) is 13.1. The van der Waals surface area contributed by atoms with E-state index in [0.717, 1.165) is 30.0 Å². The molecule has 27 heavy (non-hydrogen) atoms. The molecule has 1 aromatic carbocycles. The predicted molar refractivity (Wildman–Crippen MR) is 102 cm³/mol. The highest BCUT2D eigenvalue weighted by atomic mass is 16.5. The number of para-hydroxylation sites is 1. The zero-order chi connectivity index (χ0) is 18.9. The number of aromatic nitrogens is 2. The summed E-state index contributed by atoms with van der Waals surface area (Å²) in [4.78, 5) is 19.5. The fourth-order valence-corrected chi connectivity index (χ4v) is 4.12. The smallest absolute Gasteiger partial charge is 0.225 e. The van der Waals surface area contributed by atoms with Crippen molar-refractivity contribution in [3.05, 3.63) is 48.0 Å². The van der Waals surface area contributed by atoms with Crippen molar-refractivity contribution in [3.8, 4) is 5.75 Å². The number of carbonyl (C=O) groups is 1. The second kappa shape index (κ2) is 7.35. The van der Waals surface area contributed by atoms with Gasteiger partial charge in [-0.2, -0.15) is 0 Å². The molecule has 4 rings (SSSR count). The fraction of sp³-hybridized carbons (Fsp3) is 0.524. The van der Waals surface area contributed by atoms with Gasteiger partial charge in [-0.15, -0.1) is 0 Å². The van der Waals surface area contributed by atoms with Gasteiger partial charge in [0.05, 0.1) is 19.8 Å². The van der Waals surface area contributed by atoms with Crippen LogP contribution in [0.4, 0.5) is 0 Å². The highest BCUT2D eigenvalue weighted by Crippen LogP contribution is 2.35. The molecule has 0 radical (unpaired) electrons. The highest BCUT2D eigenvalue weighted by Gasteiger charge is 2.40. The van der Waals surface area contributed by atoms with Crippen LogP contribution >= 0.6 is 0 Å². The topological polar surface area (TPSA) is 56.6 Å². The van der Waals surface area contributed by atoms with Gasteiger partial charge in [-0.05, 0) is 19.9 Å². The van der Waals surface area contributed by atoms with Gasteiger partial charge in [0, 0.05) is 49.8 Å². The Morgan fingerprint density at radius 3 is 2.81 bits per heavy atom. The predicted octanol–water partition coefficient (Wildman–Crippen LogP) is 3.11. The fourth-order valence-electron chi connectivity index (χ4n) is 4.12. The van der Waals surface area contributed by atoms with Crippen LogP contribution in [-0.2, 0) is 16.1 Å². The molecule has 0 N–H and O–H groups in total. The number of fused-ring (bicyclic) bond motifs is 1. The summed E-state index contributed by atoms with van der Waals surface area (Å²) in [5.41, 5.74) is 0.718. The van der Waals surface area contributed by atoms with Crippen LogP contribution in [0.3, 0.4) is 0 Å². The van der Waals surface area contributed by atoms with Crippen molar-refractivity contribution in [1.29, 1.82) is 0 Å². The molecule has 0 saturated carbocycles. The summed E-state index contributed by atoms with van der Waals surface area (Å²) >= 11 is 0. The van der Waals surface area contributed by atoms with E-state index in [1.807, 2.05) is 36.2 Å². The van der Waals surface area contributed by atoms with Crippen LogP contribution in [0.25, 0.3) is 0 Å². The van der Waals surface area contributed by atoms with Gasteiger partial charge in [0.15, 0.2) is 0 Å². The van der Waals surface area contributed by atoms with Crippen molar-refractivity contribution in [2.75, 3.05) is 19.8 Å². The van der Waals surface area contributed by atoms with Gasteiger partial charge in [0.25, 0.3) is 0 Å². The summed E-state index contributed by atoms with van der Waals surface area (Å²) in [6, 6.07) is 8.14. The molecule has 3 heterocycles. The molecule has 1 atom stereocenters. The van der Waals surface area contributed by atoms with Crippen molar-refractivity contribution in [2.24, 2.45) is 0 Å². The number of carbonyl (C=O) groups excluding carboxylic acids is 1. The van der Waals surface area contributed by atoms with Crippen molar-refractivity contribution >= 4 is 5.91 Å². The summed E-state index contributed by atoms with van der Waals surface area (Å²) in [7, 11) is 0. The third kappa shape index (κ3) is 3.72. The average Bonchev–Trinajstić information content (AvgIpc) is 3.02. The zero-order valence-corrected chi connectivity index (χ0v) is 16.1. The van der Waals surface area contributed by atoms with Gasteiger partial charge < -0.3 is 18.9 Å². The zero-order valence-electron chi connectivity index (χ0n) is 16.1. The van der Waals surface area contributed by atoms with E-state index in [9.17, 15) is 4.79 Å². The minimum absolute atomic E-state index is 0.0741. The first-order valence-electron chi connectivity index (χ1n) is 9.68. The number of ether oxygens (including phenoxy) is 2. The van der Waals surface area contributed by atoms with Gasteiger partial charge in [-0.25, -0.2) is 4.98 Å². The van der Waals surface area contributed by atoms with E-state index in [1.165, 1.54) is 0 Å². The Hall–Kier alpha value is -2.34. The van der Waals surface area contributed by atoms with E-state index in [-0.39, 0.29) is 17.6 Å². The average molecular weight is 369 g/mol. The van der Waals surface area contributed by atoms with Gasteiger partial charge >= 0.3 is 0 Å². The molecular formula is C21H27N3O3. The number of hydrogen-bond donors (Lipinski definition) is 0. The maximum atomic E-state index is 13.2. The monoisotopic (exact) mass is 369 g/mol. The van der Waals surface area contributed by atoms with Crippen molar-refractivity contribution in [3.63, 3.8) is 0 Å². The maximum absolute atomic E-state index is 13.2. The molecule has 1 aromatic heterocycles. The minimum atomic E-state index is -0.353. The summed E-state index contributed by atoms with van der Waals surface area (Å²) in [6.07, 6.45) is 5.78. The molecular weight excluding hydrogens is 342 g/mol. The lowest BCUT2D eigenvalue weighted by atomic mass is 9.93. The molecule has 0 bridgehead atoms. The normalized spacial score (nSPS) is 19.9. The quantitative estimate of drug-likeness (QED) is 0.834. The molecule has 144 valence electrons. The number of amides is 1. The first-order valence-corrected chi connectivity index (χ1v) is 9.68. The van der Waals surface area contributed by atoms with Crippen molar-refractivity contribution < 1.29 is 14.3 Å². The molecule has 1 spiro atoms. The number of nitrogens with zero attached hydrogens (tertiary/aromatic N) is 3. The van der Waals surface area contributed by atoms with E-state index in [0.29, 0.717) is 32.7 Å². The Morgan fingerprint density at radius 2 is 2.07 bits per heavy atom. The summed E-state index contributed by atoms with van der Waals surface area (Å²) < 4.78 is 14.1. The van der Waals surface area contributed by atoms with Gasteiger partial charge in [-0.1, -0.05) is 18.2 Å². The highest BCUT2D eigenvalue weighted by molar-refractivity contribution is 5.77. The molecule has 0 aliphatic carbocycles. The largest absolute Gasteiger partial charge is 0.485 e. The number of aryl methyl sites for hydroxylation is 1. The standard InChI is InChI=1S/C21H27N3O3/c1-16(24-10-9-22-17(24)2)13-20(25)23-14-18-5-3-4-6-19(18)27-21(15-23)7-11-26-12-8-21/h3-6,9-10,16H,7-8,11-15H2,1-2H3/t16-/m1/s1. The molecule has 6 heteroatoms. The lowest BCUT2D eigenvalue weighted by Crippen LogP contribution is -2.51. The molecule has 1 fully saturated rings. The Balaban J connectivity index is 1.57. The van der Waals surface area contributed by atoms with Gasteiger partial charge in [0.1, 0.15) is 17.2 Å². The summed E-state index contributed by atoms with van der Waals surface area (Å²) in [5.74, 6) is 1.98. The van der Waals surface area contributed by atoms with Crippen molar-refractivity contribution in [2.45, 2.75) is 51.3 Å². The minimum Gasteiger partial charge on any atom is -0.485 e. The lowest BCUT2D eigenvalue weighted by Gasteiger charge is -2.39. The van der Waals surface area contributed by atoms with E-state index in [2.05, 4.69) is 22.5 Å². The SMILES string of the molecule is Cc1nccn1[C@H](C)CC(=O)N1Cc2ccccc2OC2(CCOCC2)C1. The van der Waals surface area contributed by atoms with E-state index in [1.54, 1.807) is 6.20 Å². The molecule has 6 nitrogen and oxygen atoms in total. The molecule has 2 aliphatic rings. The van der Waals surface area contributed by atoms with Gasteiger partial charge in [-0.3, -0.25) is 4.79 Å². The van der Waals surface area contributed by atoms with E-state index < -0.39 is 0 Å². The molecule has 1 saturated heterocycles. The Bertz CT molecular complexity index is 811. The van der Waals surface area contributed by atoms with E-state index >= 15 is 0 Å². The maximum Gasteiger partial charge on any atom is 0.225 e. The van der Waals surface area contributed by atoms with Crippen LogP contribution in [0, 0.1) is 6.92 Å². The van der Waals surface area contributed by atoms with E-state index in [4.69, 9.17) is 9.47 Å².